The fourth-order valence-electron chi connectivity index (χ4n) is 1.93. The van der Waals surface area contributed by atoms with Crippen LogP contribution in [0.15, 0.2) is 0 Å². The maximum atomic E-state index is 5.51. The van der Waals surface area contributed by atoms with Crippen molar-refractivity contribution in [1.82, 2.24) is 4.90 Å². The van der Waals surface area contributed by atoms with Crippen LogP contribution in [-0.4, -0.2) is 31.1 Å². The van der Waals surface area contributed by atoms with Crippen LogP contribution in [0.4, 0.5) is 0 Å². The van der Waals surface area contributed by atoms with Gasteiger partial charge in [-0.2, -0.15) is 0 Å². The maximum absolute atomic E-state index is 5.51. The molecule has 1 atom stereocenters. The first kappa shape index (κ1) is 13.9. The van der Waals surface area contributed by atoms with Crippen LogP contribution in [-0.2, 0) is 0 Å². The van der Waals surface area contributed by atoms with E-state index in [0.717, 1.165) is 12.5 Å². The van der Waals surface area contributed by atoms with E-state index in [2.05, 4.69) is 25.7 Å². The maximum Gasteiger partial charge on any atom is 0.000702 e. The van der Waals surface area contributed by atoms with Crippen molar-refractivity contribution in [1.29, 1.82) is 0 Å². The Balaban J connectivity index is 3.64. The van der Waals surface area contributed by atoms with Crippen LogP contribution in [0.2, 0.25) is 0 Å². The van der Waals surface area contributed by atoms with E-state index in [1.807, 2.05) is 0 Å². The standard InChI is InChI=1S/C12H28N2/c1-4-9-14(10-5-2)11-12(3)7-6-8-13/h12H,4-11,13H2,1-3H3. The highest BCUT2D eigenvalue weighted by molar-refractivity contribution is 4.62. The van der Waals surface area contributed by atoms with Gasteiger partial charge >= 0.3 is 0 Å². The molecule has 0 fully saturated rings. The quantitative estimate of drug-likeness (QED) is 0.619. The van der Waals surface area contributed by atoms with Gasteiger partial charge < -0.3 is 10.6 Å². The average Bonchev–Trinajstić information content (AvgIpc) is 2.15. The minimum Gasteiger partial charge on any atom is -0.330 e. The molecule has 0 heterocycles. The number of rotatable bonds is 9. The predicted molar refractivity (Wildman–Crippen MR) is 64.5 cm³/mol. The molecule has 0 saturated carbocycles. The Morgan fingerprint density at radius 3 is 2.14 bits per heavy atom. The van der Waals surface area contributed by atoms with E-state index in [1.165, 1.54) is 45.3 Å². The summed E-state index contributed by atoms with van der Waals surface area (Å²) < 4.78 is 0. The Bertz CT molecular complexity index is 109. The summed E-state index contributed by atoms with van der Waals surface area (Å²) in [5, 5.41) is 0. The average molecular weight is 200 g/mol. The summed E-state index contributed by atoms with van der Waals surface area (Å²) in [6.45, 7) is 11.4. The largest absolute Gasteiger partial charge is 0.330 e. The number of nitrogens with two attached hydrogens (primary N) is 1. The van der Waals surface area contributed by atoms with Crippen molar-refractivity contribution in [2.45, 2.75) is 46.5 Å². The molecular weight excluding hydrogens is 172 g/mol. The zero-order valence-corrected chi connectivity index (χ0v) is 10.3. The monoisotopic (exact) mass is 200 g/mol. The fourth-order valence-corrected chi connectivity index (χ4v) is 1.93. The third-order valence-corrected chi connectivity index (χ3v) is 2.55. The van der Waals surface area contributed by atoms with Crippen LogP contribution in [0.5, 0.6) is 0 Å². The van der Waals surface area contributed by atoms with E-state index in [4.69, 9.17) is 5.73 Å². The third-order valence-electron chi connectivity index (χ3n) is 2.55. The fraction of sp³-hybridized carbons (Fsp3) is 1.00. The van der Waals surface area contributed by atoms with E-state index in [9.17, 15) is 0 Å². The summed E-state index contributed by atoms with van der Waals surface area (Å²) in [4.78, 5) is 2.58. The van der Waals surface area contributed by atoms with Gasteiger partial charge in [0, 0.05) is 6.54 Å². The Kier molecular flexibility index (Phi) is 9.42. The van der Waals surface area contributed by atoms with E-state index in [0.29, 0.717) is 0 Å². The van der Waals surface area contributed by atoms with E-state index in [1.54, 1.807) is 0 Å². The second kappa shape index (κ2) is 9.47. The molecule has 0 aromatic carbocycles. The molecule has 0 aliphatic carbocycles. The van der Waals surface area contributed by atoms with Gasteiger partial charge in [-0.15, -0.1) is 0 Å². The van der Waals surface area contributed by atoms with Crippen LogP contribution in [0.3, 0.4) is 0 Å². The molecule has 0 saturated heterocycles. The van der Waals surface area contributed by atoms with Crippen molar-refractivity contribution in [3.05, 3.63) is 0 Å². The molecular formula is C12H28N2. The van der Waals surface area contributed by atoms with Gasteiger partial charge in [0.25, 0.3) is 0 Å². The van der Waals surface area contributed by atoms with Gasteiger partial charge in [0.2, 0.25) is 0 Å². The van der Waals surface area contributed by atoms with Crippen LogP contribution in [0, 0.1) is 5.92 Å². The molecule has 14 heavy (non-hydrogen) atoms. The smallest absolute Gasteiger partial charge is 0.000702 e. The molecule has 2 N–H and O–H groups in total. The van der Waals surface area contributed by atoms with Gasteiger partial charge in [0.05, 0.1) is 0 Å². The van der Waals surface area contributed by atoms with Crippen molar-refractivity contribution in [3.8, 4) is 0 Å². The first-order valence-corrected chi connectivity index (χ1v) is 6.16. The number of nitrogens with zero attached hydrogens (tertiary/aromatic N) is 1. The lowest BCUT2D eigenvalue weighted by atomic mass is 10.0. The lowest BCUT2D eigenvalue weighted by molar-refractivity contribution is 0.231. The molecule has 0 aliphatic rings. The second-order valence-electron chi connectivity index (χ2n) is 4.34. The minimum absolute atomic E-state index is 0.802. The number of hydrogen-bond acceptors (Lipinski definition) is 2. The van der Waals surface area contributed by atoms with Crippen molar-refractivity contribution < 1.29 is 0 Å². The summed E-state index contributed by atoms with van der Waals surface area (Å²) in [6.07, 6.45) is 4.99. The van der Waals surface area contributed by atoms with Crippen LogP contribution in [0.1, 0.15) is 46.5 Å². The summed E-state index contributed by atoms with van der Waals surface area (Å²) >= 11 is 0. The molecule has 2 heteroatoms. The first-order chi connectivity index (χ1) is 6.74. The van der Waals surface area contributed by atoms with Gasteiger partial charge in [-0.3, -0.25) is 0 Å². The summed E-state index contributed by atoms with van der Waals surface area (Å²) in [5.74, 6) is 0.802. The van der Waals surface area contributed by atoms with Crippen molar-refractivity contribution in [2.24, 2.45) is 11.7 Å². The highest BCUT2D eigenvalue weighted by atomic mass is 15.1. The zero-order valence-electron chi connectivity index (χ0n) is 10.3. The van der Waals surface area contributed by atoms with Gasteiger partial charge in [0.1, 0.15) is 0 Å². The normalized spacial score (nSPS) is 13.5. The summed E-state index contributed by atoms with van der Waals surface area (Å²) in [6, 6.07) is 0. The zero-order chi connectivity index (χ0) is 10.8. The molecule has 0 aromatic heterocycles. The lowest BCUT2D eigenvalue weighted by Gasteiger charge is -2.24. The Morgan fingerprint density at radius 1 is 1.14 bits per heavy atom. The molecule has 1 unspecified atom stereocenters. The number of hydrogen-bond donors (Lipinski definition) is 1. The van der Waals surface area contributed by atoms with Crippen LogP contribution >= 0.6 is 0 Å². The predicted octanol–water partition coefficient (Wildman–Crippen LogP) is 2.48. The van der Waals surface area contributed by atoms with Crippen LogP contribution in [0.25, 0.3) is 0 Å². The van der Waals surface area contributed by atoms with Crippen molar-refractivity contribution in [3.63, 3.8) is 0 Å². The summed E-state index contributed by atoms with van der Waals surface area (Å²) in [5.41, 5.74) is 5.51. The molecule has 0 amide bonds. The minimum atomic E-state index is 0.802. The Morgan fingerprint density at radius 2 is 1.71 bits per heavy atom. The Labute approximate surface area is 89.9 Å². The van der Waals surface area contributed by atoms with Gasteiger partial charge in [-0.25, -0.2) is 0 Å². The molecule has 0 aromatic rings. The Hall–Kier alpha value is -0.0800. The molecule has 0 spiro atoms. The third kappa shape index (κ3) is 7.34. The van der Waals surface area contributed by atoms with E-state index >= 15 is 0 Å². The van der Waals surface area contributed by atoms with Gasteiger partial charge in [-0.1, -0.05) is 20.8 Å². The second-order valence-corrected chi connectivity index (χ2v) is 4.34. The topological polar surface area (TPSA) is 29.3 Å². The molecule has 0 bridgehead atoms. The summed E-state index contributed by atoms with van der Waals surface area (Å²) in [7, 11) is 0. The molecule has 0 rings (SSSR count). The molecule has 86 valence electrons. The highest BCUT2D eigenvalue weighted by Gasteiger charge is 2.07. The first-order valence-electron chi connectivity index (χ1n) is 6.16. The SMILES string of the molecule is CCCN(CCC)CC(C)CCCN. The van der Waals surface area contributed by atoms with Gasteiger partial charge in [0.15, 0.2) is 0 Å². The lowest BCUT2D eigenvalue weighted by Crippen LogP contribution is -2.30. The highest BCUT2D eigenvalue weighted by Crippen LogP contribution is 2.08. The molecule has 0 radical (unpaired) electrons. The van der Waals surface area contributed by atoms with Gasteiger partial charge in [-0.05, 0) is 51.2 Å². The van der Waals surface area contributed by atoms with Crippen molar-refractivity contribution in [2.75, 3.05) is 26.2 Å². The molecule has 2 nitrogen and oxygen atoms in total. The van der Waals surface area contributed by atoms with Crippen molar-refractivity contribution >= 4 is 0 Å². The van der Waals surface area contributed by atoms with E-state index in [-0.39, 0.29) is 0 Å². The van der Waals surface area contributed by atoms with Crippen LogP contribution < -0.4 is 5.73 Å². The molecule has 0 aliphatic heterocycles. The van der Waals surface area contributed by atoms with E-state index < -0.39 is 0 Å².